The van der Waals surface area contributed by atoms with Gasteiger partial charge in [-0.3, -0.25) is 14.9 Å². The van der Waals surface area contributed by atoms with Gasteiger partial charge in [0.05, 0.1) is 17.3 Å². The first kappa shape index (κ1) is 18.1. The van der Waals surface area contributed by atoms with Gasteiger partial charge >= 0.3 is 0 Å². The number of carbonyl (C=O) groups excluding carboxylic acids is 2. The van der Waals surface area contributed by atoms with Crippen LogP contribution in [-0.4, -0.2) is 37.1 Å². The van der Waals surface area contributed by atoms with Gasteiger partial charge in [0.2, 0.25) is 11.7 Å². The summed E-state index contributed by atoms with van der Waals surface area (Å²) in [7, 11) is 1.51. The number of hydrogen-bond donors (Lipinski definition) is 2. The molecule has 1 aliphatic heterocycles. The lowest BCUT2D eigenvalue weighted by Gasteiger charge is -2.21. The van der Waals surface area contributed by atoms with Crippen LogP contribution < -0.4 is 24.8 Å². The molecule has 1 aromatic heterocycles. The minimum absolute atomic E-state index is 0.148. The van der Waals surface area contributed by atoms with Crippen molar-refractivity contribution in [3.8, 4) is 17.2 Å². The minimum Gasteiger partial charge on any atom is -0.493 e. The van der Waals surface area contributed by atoms with Crippen molar-refractivity contribution in [3.05, 3.63) is 35.9 Å². The van der Waals surface area contributed by atoms with E-state index in [-0.39, 0.29) is 11.8 Å². The Hall–Kier alpha value is -3.33. The summed E-state index contributed by atoms with van der Waals surface area (Å²) in [6.07, 6.45) is 0. The molecule has 144 valence electrons. The molecule has 2 amide bonds. The van der Waals surface area contributed by atoms with E-state index < -0.39 is 0 Å². The summed E-state index contributed by atoms with van der Waals surface area (Å²) in [4.78, 5) is 28.3. The lowest BCUT2D eigenvalue weighted by Crippen LogP contribution is -2.18. The van der Waals surface area contributed by atoms with Crippen LogP contribution in [0.15, 0.2) is 30.3 Å². The molecule has 0 spiro atoms. The molecule has 0 radical (unpaired) electrons. The van der Waals surface area contributed by atoms with Gasteiger partial charge in [0.15, 0.2) is 16.6 Å². The van der Waals surface area contributed by atoms with Gasteiger partial charge in [0.25, 0.3) is 5.91 Å². The van der Waals surface area contributed by atoms with Gasteiger partial charge in [-0.15, -0.1) is 0 Å². The van der Waals surface area contributed by atoms with E-state index in [0.717, 1.165) is 10.2 Å². The summed E-state index contributed by atoms with van der Waals surface area (Å²) < 4.78 is 17.3. The number of anilines is 2. The number of fused-ring (bicyclic) bond motifs is 2. The third-order valence-electron chi connectivity index (χ3n) is 4.02. The topological polar surface area (TPSA) is 98.8 Å². The van der Waals surface area contributed by atoms with Crippen molar-refractivity contribution in [2.24, 2.45) is 0 Å². The van der Waals surface area contributed by atoms with E-state index in [4.69, 9.17) is 14.2 Å². The normalized spacial score (nSPS) is 12.5. The maximum absolute atomic E-state index is 12.7. The number of benzene rings is 2. The van der Waals surface area contributed by atoms with E-state index >= 15 is 0 Å². The molecule has 0 atom stereocenters. The molecule has 28 heavy (non-hydrogen) atoms. The molecule has 1 aliphatic rings. The number of amides is 2. The first-order valence-corrected chi connectivity index (χ1v) is 9.32. The van der Waals surface area contributed by atoms with Gasteiger partial charge in [-0.1, -0.05) is 11.3 Å². The third kappa shape index (κ3) is 3.56. The molecule has 3 aromatic rings. The van der Waals surface area contributed by atoms with E-state index in [1.165, 1.54) is 25.4 Å². The Morgan fingerprint density at radius 1 is 1.14 bits per heavy atom. The molecule has 0 unspecified atom stereocenters. The Morgan fingerprint density at radius 3 is 2.75 bits per heavy atom. The monoisotopic (exact) mass is 399 g/mol. The van der Waals surface area contributed by atoms with Crippen LogP contribution in [0.3, 0.4) is 0 Å². The molecule has 0 saturated heterocycles. The fraction of sp³-hybridized carbons (Fsp3) is 0.211. The van der Waals surface area contributed by atoms with E-state index in [1.807, 2.05) is 6.07 Å². The van der Waals surface area contributed by atoms with Crippen LogP contribution in [0.2, 0.25) is 0 Å². The molecule has 2 heterocycles. The Balaban J connectivity index is 1.59. The Labute approximate surface area is 164 Å². The zero-order valence-electron chi connectivity index (χ0n) is 15.2. The van der Waals surface area contributed by atoms with Gasteiger partial charge in [-0.2, -0.15) is 0 Å². The lowest BCUT2D eigenvalue weighted by molar-refractivity contribution is -0.114. The zero-order chi connectivity index (χ0) is 19.7. The number of hydrogen-bond acceptors (Lipinski definition) is 7. The summed E-state index contributed by atoms with van der Waals surface area (Å²) in [6.45, 7) is 2.29. The fourth-order valence-electron chi connectivity index (χ4n) is 2.83. The molecule has 0 bridgehead atoms. The second kappa shape index (κ2) is 7.35. The first-order chi connectivity index (χ1) is 13.5. The predicted octanol–water partition coefficient (Wildman–Crippen LogP) is 3.29. The number of nitrogens with zero attached hydrogens (tertiary/aromatic N) is 1. The standard InChI is InChI=1S/C19H17N3O5S/c1-10(23)20-12-3-4-13-16(9-12)28-19(21-13)22-18(24)11-7-14(25-2)17-15(8-11)26-5-6-27-17/h3-4,7-9H,5-6H2,1-2H3,(H,20,23)(H,21,22,24). The highest BCUT2D eigenvalue weighted by molar-refractivity contribution is 7.22. The average Bonchev–Trinajstić information content (AvgIpc) is 3.08. The second-order valence-electron chi connectivity index (χ2n) is 6.04. The minimum atomic E-state index is -0.337. The van der Waals surface area contributed by atoms with E-state index in [2.05, 4.69) is 15.6 Å². The summed E-state index contributed by atoms with van der Waals surface area (Å²) >= 11 is 1.32. The van der Waals surface area contributed by atoms with Gasteiger partial charge in [-0.25, -0.2) is 4.98 Å². The van der Waals surface area contributed by atoms with Crippen LogP contribution in [0.25, 0.3) is 10.2 Å². The van der Waals surface area contributed by atoms with Crippen LogP contribution in [0.5, 0.6) is 17.2 Å². The molecule has 0 aliphatic carbocycles. The third-order valence-corrected chi connectivity index (χ3v) is 4.95. The van der Waals surface area contributed by atoms with Crippen molar-refractivity contribution >= 4 is 44.2 Å². The molecular formula is C19H17N3O5S. The van der Waals surface area contributed by atoms with Crippen LogP contribution in [0.1, 0.15) is 17.3 Å². The number of carbonyl (C=O) groups is 2. The quantitative estimate of drug-likeness (QED) is 0.699. The van der Waals surface area contributed by atoms with E-state index in [0.29, 0.717) is 46.8 Å². The molecule has 0 saturated carbocycles. The lowest BCUT2D eigenvalue weighted by atomic mass is 10.1. The van der Waals surface area contributed by atoms with E-state index in [1.54, 1.807) is 24.3 Å². The number of thiazole rings is 1. The number of aromatic nitrogens is 1. The van der Waals surface area contributed by atoms with Crippen molar-refractivity contribution in [2.75, 3.05) is 31.0 Å². The first-order valence-electron chi connectivity index (χ1n) is 8.50. The Kier molecular flexibility index (Phi) is 4.74. The van der Waals surface area contributed by atoms with Crippen molar-refractivity contribution in [1.82, 2.24) is 4.98 Å². The largest absolute Gasteiger partial charge is 0.493 e. The highest BCUT2D eigenvalue weighted by Gasteiger charge is 2.21. The van der Waals surface area contributed by atoms with Crippen molar-refractivity contribution in [1.29, 1.82) is 0 Å². The van der Waals surface area contributed by atoms with Crippen LogP contribution in [0.4, 0.5) is 10.8 Å². The van der Waals surface area contributed by atoms with Crippen molar-refractivity contribution in [2.45, 2.75) is 6.92 Å². The summed E-state index contributed by atoms with van der Waals surface area (Å²) in [5, 5.41) is 5.98. The van der Waals surface area contributed by atoms with Crippen molar-refractivity contribution < 1.29 is 23.8 Å². The average molecular weight is 399 g/mol. The molecule has 9 heteroatoms. The van der Waals surface area contributed by atoms with Gasteiger partial charge in [-0.05, 0) is 30.3 Å². The molecule has 0 fully saturated rings. The van der Waals surface area contributed by atoms with Crippen LogP contribution >= 0.6 is 11.3 Å². The highest BCUT2D eigenvalue weighted by atomic mass is 32.1. The summed E-state index contributed by atoms with van der Waals surface area (Å²) in [5.41, 5.74) is 1.78. The van der Waals surface area contributed by atoms with Gasteiger partial charge in [0, 0.05) is 18.2 Å². The Bertz CT molecular complexity index is 1060. The molecule has 8 nitrogen and oxygen atoms in total. The Morgan fingerprint density at radius 2 is 1.96 bits per heavy atom. The van der Waals surface area contributed by atoms with Gasteiger partial charge in [0.1, 0.15) is 13.2 Å². The van der Waals surface area contributed by atoms with Crippen molar-refractivity contribution in [3.63, 3.8) is 0 Å². The molecule has 4 rings (SSSR count). The maximum Gasteiger partial charge on any atom is 0.257 e. The highest BCUT2D eigenvalue weighted by Crippen LogP contribution is 2.40. The number of nitrogens with one attached hydrogen (secondary N) is 2. The molecule has 2 aromatic carbocycles. The van der Waals surface area contributed by atoms with Gasteiger partial charge < -0.3 is 19.5 Å². The predicted molar refractivity (Wildman–Crippen MR) is 106 cm³/mol. The number of rotatable bonds is 4. The second-order valence-corrected chi connectivity index (χ2v) is 7.07. The number of ether oxygens (including phenoxy) is 3. The number of methoxy groups -OCH3 is 1. The maximum atomic E-state index is 12.7. The molecule has 2 N–H and O–H groups in total. The van der Waals surface area contributed by atoms with Crippen LogP contribution in [0, 0.1) is 0 Å². The zero-order valence-corrected chi connectivity index (χ0v) is 16.0. The smallest absolute Gasteiger partial charge is 0.257 e. The van der Waals surface area contributed by atoms with Crippen LogP contribution in [-0.2, 0) is 4.79 Å². The van der Waals surface area contributed by atoms with E-state index in [9.17, 15) is 9.59 Å². The SMILES string of the molecule is COc1cc(C(=O)Nc2nc3ccc(NC(C)=O)cc3s2)cc2c1OCCO2. The molecular weight excluding hydrogens is 382 g/mol. The fourth-order valence-corrected chi connectivity index (χ4v) is 3.73. The summed E-state index contributed by atoms with van der Waals surface area (Å²) in [6, 6.07) is 8.59. The summed E-state index contributed by atoms with van der Waals surface area (Å²) in [5.74, 6) is 0.920.